The van der Waals surface area contributed by atoms with Crippen LogP contribution in [0, 0.1) is 11.6 Å². The van der Waals surface area contributed by atoms with Crippen LogP contribution in [-0.4, -0.2) is 25.8 Å². The lowest BCUT2D eigenvalue weighted by atomic mass is 10.1. The molecule has 152 valence electrons. The topological polar surface area (TPSA) is 24.8 Å². The summed E-state index contributed by atoms with van der Waals surface area (Å²) >= 11 is 0. The number of benzene rings is 3. The summed E-state index contributed by atoms with van der Waals surface area (Å²) in [5, 5.41) is 0. The van der Waals surface area contributed by atoms with Crippen molar-refractivity contribution in [2.45, 2.75) is 6.61 Å². The van der Waals surface area contributed by atoms with Gasteiger partial charge in [0, 0.05) is 30.4 Å². The fourth-order valence-electron chi connectivity index (χ4n) is 3.40. The van der Waals surface area contributed by atoms with Gasteiger partial charge in [-0.1, -0.05) is 42.5 Å². The monoisotopic (exact) mass is 404 g/mol. The van der Waals surface area contributed by atoms with Crippen LogP contribution in [0.1, 0.15) is 16.7 Å². The highest BCUT2D eigenvalue weighted by molar-refractivity contribution is 6.14. The average molecular weight is 404 g/mol. The van der Waals surface area contributed by atoms with E-state index in [1.165, 1.54) is 6.07 Å². The van der Waals surface area contributed by atoms with Gasteiger partial charge < -0.3 is 9.64 Å². The first-order valence-electron chi connectivity index (χ1n) is 9.80. The molecule has 0 amide bonds. The predicted octanol–water partition coefficient (Wildman–Crippen LogP) is 5.50. The molecule has 30 heavy (non-hydrogen) atoms. The van der Waals surface area contributed by atoms with Crippen LogP contribution in [0.15, 0.2) is 77.8 Å². The Balaban J connectivity index is 1.55. The molecule has 3 nitrogen and oxygen atoms in total. The molecular formula is C25H22F2N2O. The molecule has 4 rings (SSSR count). The maximum absolute atomic E-state index is 13.4. The van der Waals surface area contributed by atoms with Gasteiger partial charge in [-0.3, -0.25) is 4.99 Å². The van der Waals surface area contributed by atoms with Gasteiger partial charge in [0.1, 0.15) is 12.4 Å². The lowest BCUT2D eigenvalue weighted by Crippen LogP contribution is -2.20. The van der Waals surface area contributed by atoms with E-state index in [1.54, 1.807) is 0 Å². The number of nitrogens with zero attached hydrogens (tertiary/aromatic N) is 2. The molecule has 3 aromatic carbocycles. The zero-order valence-corrected chi connectivity index (χ0v) is 16.7. The second-order valence-corrected chi connectivity index (χ2v) is 7.11. The number of ether oxygens (including phenoxy) is 1. The quantitative estimate of drug-likeness (QED) is 0.561. The summed E-state index contributed by atoms with van der Waals surface area (Å²) in [6.45, 7) is 1.73. The van der Waals surface area contributed by atoms with Crippen molar-refractivity contribution in [2.75, 3.05) is 25.0 Å². The Hall–Kier alpha value is -3.47. The van der Waals surface area contributed by atoms with Crippen molar-refractivity contribution in [1.29, 1.82) is 0 Å². The van der Waals surface area contributed by atoms with Crippen molar-refractivity contribution in [1.82, 2.24) is 0 Å². The van der Waals surface area contributed by atoms with Gasteiger partial charge in [0.15, 0.2) is 11.6 Å². The van der Waals surface area contributed by atoms with Crippen molar-refractivity contribution in [2.24, 2.45) is 4.99 Å². The van der Waals surface area contributed by atoms with Gasteiger partial charge >= 0.3 is 0 Å². The summed E-state index contributed by atoms with van der Waals surface area (Å²) in [7, 11) is 2.07. The summed E-state index contributed by atoms with van der Waals surface area (Å²) in [6.07, 6.45) is 3.97. The number of hydrogen-bond acceptors (Lipinski definition) is 3. The van der Waals surface area contributed by atoms with Crippen LogP contribution in [0.4, 0.5) is 14.5 Å². The number of allylic oxidation sites excluding steroid dienone is 1. The fourth-order valence-corrected chi connectivity index (χ4v) is 3.40. The Morgan fingerprint density at radius 3 is 2.63 bits per heavy atom. The van der Waals surface area contributed by atoms with E-state index in [2.05, 4.69) is 24.1 Å². The maximum Gasteiger partial charge on any atom is 0.159 e. The number of hydrogen-bond donors (Lipinski definition) is 0. The molecule has 0 N–H and O–H groups in total. The van der Waals surface area contributed by atoms with Gasteiger partial charge in [-0.15, -0.1) is 0 Å². The fraction of sp³-hybridized carbons (Fsp3) is 0.160. The summed E-state index contributed by atoms with van der Waals surface area (Å²) in [5.74, 6) is -1.07. The summed E-state index contributed by atoms with van der Waals surface area (Å²) < 4.78 is 32.4. The molecule has 5 heteroatoms. The normalized spacial score (nSPS) is 13.7. The lowest BCUT2D eigenvalue weighted by molar-refractivity contribution is 0.304. The molecule has 0 spiro atoms. The molecule has 0 saturated heterocycles. The number of para-hydroxylation sites is 2. The third-order valence-electron chi connectivity index (χ3n) is 5.03. The van der Waals surface area contributed by atoms with Crippen LogP contribution >= 0.6 is 0 Å². The Bertz CT molecular complexity index is 1110. The molecule has 3 aromatic rings. The zero-order valence-electron chi connectivity index (χ0n) is 16.7. The number of likely N-dealkylation sites (N-methyl/N-ethyl adjacent to an activating group) is 1. The van der Waals surface area contributed by atoms with Crippen molar-refractivity contribution in [3.05, 3.63) is 101 Å². The first-order chi connectivity index (χ1) is 14.6. The number of benzodiazepines with no additional fused rings is 1. The SMILES string of the molecule is CN1CCN=C(/C=C/c2ccccc2OCc2ccc(F)c(F)c2)c2ccccc21. The first kappa shape index (κ1) is 19.8. The molecule has 1 aliphatic heterocycles. The Labute approximate surface area is 175 Å². The zero-order chi connectivity index (χ0) is 20.9. The highest BCUT2D eigenvalue weighted by atomic mass is 19.2. The van der Waals surface area contributed by atoms with Gasteiger partial charge in [-0.05, 0) is 42.0 Å². The third kappa shape index (κ3) is 4.40. The van der Waals surface area contributed by atoms with Crippen LogP contribution in [0.2, 0.25) is 0 Å². The predicted molar refractivity (Wildman–Crippen MR) is 117 cm³/mol. The molecule has 0 bridgehead atoms. The van der Waals surface area contributed by atoms with E-state index in [9.17, 15) is 8.78 Å². The van der Waals surface area contributed by atoms with Crippen LogP contribution in [-0.2, 0) is 6.61 Å². The molecular weight excluding hydrogens is 382 g/mol. The van der Waals surface area contributed by atoms with Crippen molar-refractivity contribution >= 4 is 17.5 Å². The molecule has 0 unspecified atom stereocenters. The second-order valence-electron chi connectivity index (χ2n) is 7.11. The van der Waals surface area contributed by atoms with Crippen LogP contribution < -0.4 is 9.64 Å². The maximum atomic E-state index is 13.4. The van der Waals surface area contributed by atoms with Crippen LogP contribution in [0.3, 0.4) is 0 Å². The summed E-state index contributed by atoms with van der Waals surface area (Å²) in [5.41, 5.74) is 4.62. The molecule has 0 saturated carbocycles. The van der Waals surface area contributed by atoms with E-state index in [0.717, 1.165) is 47.7 Å². The average Bonchev–Trinajstić information content (AvgIpc) is 2.92. The van der Waals surface area contributed by atoms with Gasteiger partial charge in [0.2, 0.25) is 0 Å². The van der Waals surface area contributed by atoms with Crippen molar-refractivity contribution < 1.29 is 13.5 Å². The largest absolute Gasteiger partial charge is 0.488 e. The van der Waals surface area contributed by atoms with E-state index < -0.39 is 11.6 Å². The minimum atomic E-state index is -0.876. The third-order valence-corrected chi connectivity index (χ3v) is 5.03. The molecule has 1 heterocycles. The van der Waals surface area contributed by atoms with Crippen molar-refractivity contribution in [3.63, 3.8) is 0 Å². The van der Waals surface area contributed by atoms with Crippen molar-refractivity contribution in [3.8, 4) is 5.75 Å². The van der Waals surface area contributed by atoms with Gasteiger partial charge in [-0.2, -0.15) is 0 Å². The minimum absolute atomic E-state index is 0.149. The minimum Gasteiger partial charge on any atom is -0.488 e. The van der Waals surface area contributed by atoms with Gasteiger partial charge in [0.25, 0.3) is 0 Å². The smallest absolute Gasteiger partial charge is 0.159 e. The Morgan fingerprint density at radius 1 is 0.967 bits per heavy atom. The molecule has 1 aliphatic rings. The molecule has 0 fully saturated rings. The van der Waals surface area contributed by atoms with E-state index >= 15 is 0 Å². The number of aliphatic imine (C=N–C) groups is 1. The molecule has 0 atom stereocenters. The Morgan fingerprint density at radius 2 is 1.77 bits per heavy atom. The van der Waals surface area contributed by atoms with E-state index in [-0.39, 0.29) is 6.61 Å². The summed E-state index contributed by atoms with van der Waals surface area (Å²) in [6, 6.07) is 19.6. The number of fused-ring (bicyclic) bond motifs is 1. The lowest BCUT2D eigenvalue weighted by Gasteiger charge is -2.18. The van der Waals surface area contributed by atoms with E-state index in [0.29, 0.717) is 11.3 Å². The molecule has 0 radical (unpaired) electrons. The molecule has 0 aromatic heterocycles. The standard InChI is InChI=1S/C25H22F2N2O/c1-29-15-14-28-23(20-7-3-4-8-24(20)29)13-11-19-6-2-5-9-25(19)30-17-18-10-12-21(26)22(27)16-18/h2-13,16H,14-15,17H2,1H3/b13-11+. The van der Waals surface area contributed by atoms with Crippen LogP contribution in [0.25, 0.3) is 6.08 Å². The second kappa shape index (κ2) is 8.91. The number of anilines is 1. The van der Waals surface area contributed by atoms with Crippen LogP contribution in [0.5, 0.6) is 5.75 Å². The van der Waals surface area contributed by atoms with E-state index in [1.807, 2.05) is 48.6 Å². The van der Waals surface area contributed by atoms with Gasteiger partial charge in [-0.25, -0.2) is 8.78 Å². The molecule has 0 aliphatic carbocycles. The highest BCUT2D eigenvalue weighted by Gasteiger charge is 2.14. The number of rotatable bonds is 5. The Kier molecular flexibility index (Phi) is 5.89. The van der Waals surface area contributed by atoms with E-state index in [4.69, 9.17) is 9.73 Å². The number of halogens is 2. The first-order valence-corrected chi connectivity index (χ1v) is 9.80. The summed E-state index contributed by atoms with van der Waals surface area (Å²) in [4.78, 5) is 6.95. The highest BCUT2D eigenvalue weighted by Crippen LogP contribution is 2.25. The van der Waals surface area contributed by atoms with Gasteiger partial charge in [0.05, 0.1) is 12.3 Å².